The van der Waals surface area contributed by atoms with Crippen LogP contribution < -0.4 is 16.0 Å². The molecule has 5 nitrogen and oxygen atoms in total. The van der Waals surface area contributed by atoms with Gasteiger partial charge in [-0.3, -0.25) is 4.79 Å². The van der Waals surface area contributed by atoms with Gasteiger partial charge in [-0.1, -0.05) is 49.2 Å². The monoisotopic (exact) mass is 345 g/mol. The zero-order valence-corrected chi connectivity index (χ0v) is 14.6. The summed E-state index contributed by atoms with van der Waals surface area (Å²) in [4.78, 5) is 24.1. The Hall–Kier alpha value is -2.53. The van der Waals surface area contributed by atoms with E-state index in [1.807, 2.05) is 31.2 Å². The average Bonchev–Trinajstić information content (AvgIpc) is 2.52. The summed E-state index contributed by atoms with van der Waals surface area (Å²) in [6.45, 7) is 5.53. The third-order valence-electron chi connectivity index (χ3n) is 3.34. The van der Waals surface area contributed by atoms with Gasteiger partial charge in [0.25, 0.3) is 0 Å². The Bertz CT molecular complexity index is 742. The summed E-state index contributed by atoms with van der Waals surface area (Å²) in [7, 11) is 0. The summed E-state index contributed by atoms with van der Waals surface area (Å²) in [6.07, 6.45) is 0. The summed E-state index contributed by atoms with van der Waals surface area (Å²) >= 11 is 6.15. The predicted octanol–water partition coefficient (Wildman–Crippen LogP) is 4.89. The van der Waals surface area contributed by atoms with E-state index >= 15 is 0 Å². The molecule has 0 radical (unpaired) electrons. The van der Waals surface area contributed by atoms with Crippen LogP contribution in [0, 0.1) is 12.8 Å². The lowest BCUT2D eigenvalue weighted by molar-refractivity contribution is -0.118. The molecular formula is C18H20ClN3O2. The second kappa shape index (κ2) is 7.84. The number of hydrogen-bond donors (Lipinski definition) is 3. The summed E-state index contributed by atoms with van der Waals surface area (Å²) in [5.74, 6) is -0.374. The Morgan fingerprint density at radius 1 is 0.958 bits per heavy atom. The van der Waals surface area contributed by atoms with Gasteiger partial charge in [-0.05, 0) is 31.2 Å². The molecule has 0 aliphatic rings. The van der Waals surface area contributed by atoms with Crippen molar-refractivity contribution in [3.05, 3.63) is 53.1 Å². The summed E-state index contributed by atoms with van der Waals surface area (Å²) < 4.78 is 0. The smallest absolute Gasteiger partial charge is 0.323 e. The number of urea groups is 1. The molecule has 0 saturated carbocycles. The van der Waals surface area contributed by atoms with Crippen LogP contribution in [-0.4, -0.2) is 11.9 Å². The predicted molar refractivity (Wildman–Crippen MR) is 98.7 cm³/mol. The number of aryl methyl sites for hydroxylation is 1. The van der Waals surface area contributed by atoms with E-state index in [1.54, 1.807) is 32.0 Å². The standard InChI is InChI=1S/C18H20ClN3O2/c1-11(2)17(23)22-16-14(19)5-4-6-15(16)21-18(24)20-13-9-7-12(3)8-10-13/h4-11H,1-3H3,(H,22,23)(H2,20,21,24). The van der Waals surface area contributed by atoms with Crippen molar-refractivity contribution in [2.75, 3.05) is 16.0 Å². The van der Waals surface area contributed by atoms with Gasteiger partial charge in [-0.25, -0.2) is 4.79 Å². The third kappa shape index (κ3) is 4.73. The SMILES string of the molecule is Cc1ccc(NC(=O)Nc2cccc(Cl)c2NC(=O)C(C)C)cc1. The number of rotatable bonds is 4. The molecule has 2 aromatic carbocycles. The van der Waals surface area contributed by atoms with Crippen LogP contribution in [0.3, 0.4) is 0 Å². The number of carbonyl (C=O) groups is 2. The lowest BCUT2D eigenvalue weighted by Crippen LogP contribution is -2.22. The summed E-state index contributed by atoms with van der Waals surface area (Å²) in [6, 6.07) is 12.1. The van der Waals surface area contributed by atoms with Gasteiger partial charge >= 0.3 is 6.03 Å². The molecule has 24 heavy (non-hydrogen) atoms. The quantitative estimate of drug-likeness (QED) is 0.738. The Balaban J connectivity index is 2.13. The van der Waals surface area contributed by atoms with Crippen LogP contribution >= 0.6 is 11.6 Å². The lowest BCUT2D eigenvalue weighted by atomic mass is 10.2. The first kappa shape index (κ1) is 17.8. The van der Waals surface area contributed by atoms with Crippen molar-refractivity contribution < 1.29 is 9.59 Å². The number of benzene rings is 2. The van der Waals surface area contributed by atoms with Crippen LogP contribution in [-0.2, 0) is 4.79 Å². The summed E-state index contributed by atoms with van der Waals surface area (Å²) in [5, 5.41) is 8.54. The maximum Gasteiger partial charge on any atom is 0.323 e. The maximum atomic E-state index is 12.2. The first-order chi connectivity index (χ1) is 11.4. The fraction of sp³-hybridized carbons (Fsp3) is 0.222. The molecule has 0 aromatic heterocycles. The Morgan fingerprint density at radius 3 is 2.25 bits per heavy atom. The second-order valence-electron chi connectivity index (χ2n) is 5.75. The van der Waals surface area contributed by atoms with Crippen LogP contribution in [0.1, 0.15) is 19.4 Å². The van der Waals surface area contributed by atoms with Gasteiger partial charge in [0.15, 0.2) is 0 Å². The first-order valence-corrected chi connectivity index (χ1v) is 7.98. The molecule has 0 fully saturated rings. The number of halogens is 1. The Labute approximate surface area is 146 Å². The van der Waals surface area contributed by atoms with E-state index in [1.165, 1.54) is 0 Å². The molecule has 6 heteroatoms. The molecule has 0 atom stereocenters. The lowest BCUT2D eigenvalue weighted by Gasteiger charge is -2.15. The van der Waals surface area contributed by atoms with E-state index < -0.39 is 6.03 Å². The minimum Gasteiger partial charge on any atom is -0.323 e. The number of anilines is 3. The number of hydrogen-bond acceptors (Lipinski definition) is 2. The van der Waals surface area contributed by atoms with Crippen molar-refractivity contribution in [3.63, 3.8) is 0 Å². The van der Waals surface area contributed by atoms with Gasteiger partial charge in [0.2, 0.25) is 5.91 Å². The van der Waals surface area contributed by atoms with Crippen LogP contribution in [0.15, 0.2) is 42.5 Å². The van der Waals surface area contributed by atoms with Crippen LogP contribution in [0.2, 0.25) is 5.02 Å². The minimum atomic E-state index is -0.416. The third-order valence-corrected chi connectivity index (χ3v) is 3.66. The van der Waals surface area contributed by atoms with E-state index in [9.17, 15) is 9.59 Å². The van der Waals surface area contributed by atoms with Gasteiger partial charge in [0.05, 0.1) is 16.4 Å². The molecule has 3 N–H and O–H groups in total. The summed E-state index contributed by atoms with van der Waals surface area (Å²) in [5.41, 5.74) is 2.60. The minimum absolute atomic E-state index is 0.176. The molecule has 0 aliphatic heterocycles. The maximum absolute atomic E-state index is 12.2. The zero-order valence-electron chi connectivity index (χ0n) is 13.8. The number of amides is 3. The molecule has 0 saturated heterocycles. The zero-order chi connectivity index (χ0) is 17.7. The molecule has 3 amide bonds. The van der Waals surface area contributed by atoms with Crippen LogP contribution in [0.5, 0.6) is 0 Å². The molecule has 0 aliphatic carbocycles. The van der Waals surface area contributed by atoms with E-state index in [-0.39, 0.29) is 11.8 Å². The van der Waals surface area contributed by atoms with E-state index in [0.29, 0.717) is 22.1 Å². The molecule has 0 bridgehead atoms. The molecular weight excluding hydrogens is 326 g/mol. The Morgan fingerprint density at radius 2 is 1.62 bits per heavy atom. The van der Waals surface area contributed by atoms with Crippen LogP contribution in [0.25, 0.3) is 0 Å². The molecule has 0 heterocycles. The molecule has 2 aromatic rings. The highest BCUT2D eigenvalue weighted by Gasteiger charge is 2.14. The first-order valence-electron chi connectivity index (χ1n) is 7.61. The highest BCUT2D eigenvalue weighted by molar-refractivity contribution is 6.34. The van der Waals surface area contributed by atoms with Gasteiger partial charge < -0.3 is 16.0 Å². The van der Waals surface area contributed by atoms with Crippen molar-refractivity contribution in [3.8, 4) is 0 Å². The fourth-order valence-electron chi connectivity index (χ4n) is 1.94. The van der Waals surface area contributed by atoms with Crippen molar-refractivity contribution in [1.29, 1.82) is 0 Å². The molecule has 126 valence electrons. The van der Waals surface area contributed by atoms with Crippen LogP contribution in [0.4, 0.5) is 21.9 Å². The number of carbonyl (C=O) groups excluding carboxylic acids is 2. The normalized spacial score (nSPS) is 10.4. The van der Waals surface area contributed by atoms with E-state index in [0.717, 1.165) is 5.56 Å². The van der Waals surface area contributed by atoms with Crippen molar-refractivity contribution in [1.82, 2.24) is 0 Å². The second-order valence-corrected chi connectivity index (χ2v) is 6.16. The van der Waals surface area contributed by atoms with Gasteiger partial charge in [-0.15, -0.1) is 0 Å². The number of para-hydroxylation sites is 1. The van der Waals surface area contributed by atoms with Crippen molar-refractivity contribution in [2.24, 2.45) is 5.92 Å². The molecule has 0 unspecified atom stereocenters. The topological polar surface area (TPSA) is 70.2 Å². The largest absolute Gasteiger partial charge is 0.323 e. The average molecular weight is 346 g/mol. The highest BCUT2D eigenvalue weighted by atomic mass is 35.5. The fourth-order valence-corrected chi connectivity index (χ4v) is 2.17. The Kier molecular flexibility index (Phi) is 5.82. The highest BCUT2D eigenvalue weighted by Crippen LogP contribution is 2.30. The molecule has 0 spiro atoms. The van der Waals surface area contributed by atoms with Crippen molar-refractivity contribution >= 4 is 40.6 Å². The molecule has 2 rings (SSSR count). The van der Waals surface area contributed by atoms with E-state index in [2.05, 4.69) is 16.0 Å². The van der Waals surface area contributed by atoms with E-state index in [4.69, 9.17) is 11.6 Å². The number of nitrogens with one attached hydrogen (secondary N) is 3. The van der Waals surface area contributed by atoms with Gasteiger partial charge in [0.1, 0.15) is 0 Å². The van der Waals surface area contributed by atoms with Crippen molar-refractivity contribution in [2.45, 2.75) is 20.8 Å². The van der Waals surface area contributed by atoms with Gasteiger partial charge in [-0.2, -0.15) is 0 Å². The van der Waals surface area contributed by atoms with Gasteiger partial charge in [0, 0.05) is 11.6 Å².